The van der Waals surface area contributed by atoms with E-state index in [0.717, 1.165) is 63.0 Å². The normalized spacial score (nSPS) is 14.8. The van der Waals surface area contributed by atoms with Crippen molar-refractivity contribution in [1.29, 1.82) is 0 Å². The third-order valence-electron chi connectivity index (χ3n) is 7.77. The Balaban J connectivity index is 1.02. The van der Waals surface area contributed by atoms with Crippen molar-refractivity contribution in [3.05, 3.63) is 105 Å². The minimum Gasteiger partial charge on any atom is -0.370 e. The highest BCUT2D eigenvalue weighted by atomic mass is 32.2. The first kappa shape index (κ1) is 32.3. The van der Waals surface area contributed by atoms with Crippen LogP contribution >= 0.6 is 23.1 Å². The number of nitro groups is 1. The van der Waals surface area contributed by atoms with Gasteiger partial charge in [0.1, 0.15) is 0 Å². The number of hydrogen-bond donors (Lipinski definition) is 4. The van der Waals surface area contributed by atoms with Crippen LogP contribution in [0.15, 0.2) is 82.6 Å². The van der Waals surface area contributed by atoms with Crippen molar-refractivity contribution in [3.63, 3.8) is 0 Å². The molecule has 2 aromatic carbocycles. The molecule has 0 unspecified atom stereocenters. The Morgan fingerprint density at radius 3 is 2.53 bits per heavy atom. The molecule has 6 N–H and O–H groups in total. The zero-order valence-corrected chi connectivity index (χ0v) is 26.9. The van der Waals surface area contributed by atoms with E-state index in [-0.39, 0.29) is 5.96 Å². The second-order valence-electron chi connectivity index (χ2n) is 10.9. The number of piperidine rings is 1. The summed E-state index contributed by atoms with van der Waals surface area (Å²) in [6, 6.07) is 17.4. The van der Waals surface area contributed by atoms with Gasteiger partial charge in [0, 0.05) is 43.1 Å². The largest absolute Gasteiger partial charge is 0.370 e. The summed E-state index contributed by atoms with van der Waals surface area (Å²) in [5.41, 5.74) is 19.8. The van der Waals surface area contributed by atoms with E-state index in [2.05, 4.69) is 86.2 Å². The zero-order valence-electron chi connectivity index (χ0n) is 25.3. The molecule has 1 fully saturated rings. The molecule has 1 aromatic heterocycles. The van der Waals surface area contributed by atoms with Gasteiger partial charge in [-0.1, -0.05) is 66.3 Å². The molecular weight excluding hydrogens is 605 g/mol. The monoisotopic (exact) mass is 644 g/mol. The fraction of sp³-hybridized carbons (Fsp3) is 0.333. The summed E-state index contributed by atoms with van der Waals surface area (Å²) in [6.07, 6.45) is 9.70. The lowest BCUT2D eigenvalue weighted by molar-refractivity contribution is -0.404. The molecule has 0 bridgehead atoms. The third-order valence-corrected chi connectivity index (χ3v) is 9.54. The van der Waals surface area contributed by atoms with Crippen LogP contribution in [0.4, 0.5) is 5.13 Å². The molecule has 12 heteroatoms. The molecule has 5 rings (SSSR count). The molecule has 0 radical (unpaired) electrons. The SMILES string of the molecule is NC(N)=Nc1nc(CSCCN/C(=C/[N+](=O)[O-])NCCCCN2CCC(=C3C=Cc4ccccc4-c4ccccc43)CC2)cs1. The summed E-state index contributed by atoms with van der Waals surface area (Å²) < 4.78 is 0. The maximum Gasteiger partial charge on any atom is 0.274 e. The maximum absolute atomic E-state index is 11.1. The Kier molecular flexibility index (Phi) is 11.7. The van der Waals surface area contributed by atoms with Gasteiger partial charge in [0.25, 0.3) is 6.20 Å². The second kappa shape index (κ2) is 16.3. The van der Waals surface area contributed by atoms with E-state index in [1.807, 2.05) is 5.38 Å². The second-order valence-corrected chi connectivity index (χ2v) is 12.9. The van der Waals surface area contributed by atoms with E-state index in [1.165, 1.54) is 44.7 Å². The van der Waals surface area contributed by atoms with Crippen LogP contribution in [0.1, 0.15) is 42.5 Å². The van der Waals surface area contributed by atoms with Gasteiger partial charge in [-0.3, -0.25) is 10.1 Å². The molecule has 0 spiro atoms. The quantitative estimate of drug-likeness (QED) is 0.0582. The van der Waals surface area contributed by atoms with Gasteiger partial charge in [-0.05, 0) is 60.1 Å². The van der Waals surface area contributed by atoms with Crippen molar-refractivity contribution in [2.45, 2.75) is 31.4 Å². The number of unbranched alkanes of at least 4 members (excludes halogenated alkanes) is 1. The lowest BCUT2D eigenvalue weighted by atomic mass is 9.89. The van der Waals surface area contributed by atoms with Crippen LogP contribution in [-0.2, 0) is 5.75 Å². The lowest BCUT2D eigenvalue weighted by Gasteiger charge is -2.29. The van der Waals surface area contributed by atoms with Gasteiger partial charge >= 0.3 is 0 Å². The summed E-state index contributed by atoms with van der Waals surface area (Å²) in [5.74, 6) is 1.92. The molecule has 0 amide bonds. The van der Waals surface area contributed by atoms with Gasteiger partial charge in [0.2, 0.25) is 5.13 Å². The predicted octanol–water partition coefficient (Wildman–Crippen LogP) is 5.56. The van der Waals surface area contributed by atoms with E-state index in [1.54, 1.807) is 11.8 Å². The van der Waals surface area contributed by atoms with Crippen molar-refractivity contribution in [2.75, 3.05) is 38.5 Å². The molecule has 2 heterocycles. The van der Waals surface area contributed by atoms with Crippen LogP contribution in [0.3, 0.4) is 0 Å². The van der Waals surface area contributed by atoms with Crippen LogP contribution in [0, 0.1) is 10.1 Å². The van der Waals surface area contributed by atoms with E-state index < -0.39 is 4.92 Å². The van der Waals surface area contributed by atoms with Crippen molar-refractivity contribution >= 4 is 45.8 Å². The smallest absolute Gasteiger partial charge is 0.274 e. The summed E-state index contributed by atoms with van der Waals surface area (Å²) >= 11 is 3.07. The number of nitrogens with zero attached hydrogens (tertiary/aromatic N) is 4. The van der Waals surface area contributed by atoms with Crippen LogP contribution < -0.4 is 22.1 Å². The molecule has 0 atom stereocenters. The van der Waals surface area contributed by atoms with Crippen LogP contribution in [0.5, 0.6) is 0 Å². The number of aliphatic imine (C=N–C) groups is 1. The predicted molar refractivity (Wildman–Crippen MR) is 188 cm³/mol. The molecule has 1 saturated heterocycles. The highest BCUT2D eigenvalue weighted by Gasteiger charge is 2.20. The number of thiazole rings is 1. The number of nitrogens with one attached hydrogen (secondary N) is 2. The fourth-order valence-corrected chi connectivity index (χ4v) is 7.19. The first-order valence-electron chi connectivity index (χ1n) is 15.2. The minimum atomic E-state index is -0.427. The number of allylic oxidation sites excluding steroid dienone is 2. The van der Waals surface area contributed by atoms with E-state index in [4.69, 9.17) is 11.5 Å². The Morgan fingerprint density at radius 2 is 1.76 bits per heavy atom. The first-order valence-corrected chi connectivity index (χ1v) is 17.3. The lowest BCUT2D eigenvalue weighted by Crippen LogP contribution is -2.33. The number of hydrogen-bond acceptors (Lipinski definition) is 9. The van der Waals surface area contributed by atoms with E-state index in [9.17, 15) is 10.1 Å². The molecular formula is C33H40N8O2S2. The number of likely N-dealkylation sites (tertiary alicyclic amines) is 1. The fourth-order valence-electron chi connectivity index (χ4n) is 5.63. The molecule has 10 nitrogen and oxygen atoms in total. The van der Waals surface area contributed by atoms with Crippen molar-refractivity contribution in [2.24, 2.45) is 16.5 Å². The number of guanidine groups is 1. The van der Waals surface area contributed by atoms with Crippen molar-refractivity contribution in [3.8, 4) is 11.1 Å². The van der Waals surface area contributed by atoms with Crippen molar-refractivity contribution < 1.29 is 4.92 Å². The van der Waals surface area contributed by atoms with Gasteiger partial charge in [-0.25, -0.2) is 4.98 Å². The number of thioether (sulfide) groups is 1. The van der Waals surface area contributed by atoms with Gasteiger partial charge in [0.05, 0.1) is 10.6 Å². The van der Waals surface area contributed by atoms with Crippen LogP contribution in [-0.4, -0.2) is 59.2 Å². The zero-order chi connectivity index (χ0) is 31.4. The Hall–Kier alpha value is -4.13. The molecule has 1 aliphatic carbocycles. The minimum absolute atomic E-state index is 0.00902. The molecule has 2 aliphatic rings. The van der Waals surface area contributed by atoms with Gasteiger partial charge in [-0.15, -0.1) is 11.3 Å². The topological polar surface area (TPSA) is 148 Å². The number of rotatable bonds is 14. The average Bonchev–Trinajstić information content (AvgIpc) is 3.40. The summed E-state index contributed by atoms with van der Waals surface area (Å²) in [6.45, 7) is 4.41. The Morgan fingerprint density at radius 1 is 1.02 bits per heavy atom. The number of benzene rings is 2. The molecule has 3 aromatic rings. The third kappa shape index (κ3) is 9.43. The van der Waals surface area contributed by atoms with Gasteiger partial charge < -0.3 is 27.0 Å². The summed E-state index contributed by atoms with van der Waals surface area (Å²) in [4.78, 5) is 21.6. The molecule has 45 heavy (non-hydrogen) atoms. The van der Waals surface area contributed by atoms with Gasteiger partial charge in [-0.2, -0.15) is 16.8 Å². The Labute approximate surface area is 272 Å². The molecule has 0 saturated carbocycles. The number of aromatic nitrogens is 1. The summed E-state index contributed by atoms with van der Waals surface area (Å²) in [7, 11) is 0. The summed E-state index contributed by atoms with van der Waals surface area (Å²) in [5, 5.41) is 20.0. The highest BCUT2D eigenvalue weighted by Crippen LogP contribution is 2.39. The standard InChI is InChI=1S/C33H40N8O2S2/c34-32(35)39-33-38-26(23-45-33)22-44-20-16-37-31(21-41(42)43)36-15-5-6-17-40-18-13-25(14-19-40)28-12-11-24-7-1-2-8-27(24)29-9-3-4-10-30(28)29/h1-4,7-12,21,23,36-37H,5-6,13-20,22H2,(H4,34,35,38,39)/b31-21+. The van der Waals surface area contributed by atoms with Crippen molar-refractivity contribution in [1.82, 2.24) is 20.5 Å². The number of nitrogens with two attached hydrogens (primary N) is 2. The number of fused-ring (bicyclic) bond motifs is 3. The Bertz CT molecular complexity index is 1580. The van der Waals surface area contributed by atoms with Gasteiger partial charge in [0.15, 0.2) is 11.8 Å². The van der Waals surface area contributed by atoms with E-state index >= 15 is 0 Å². The maximum atomic E-state index is 11.1. The molecule has 1 aliphatic heterocycles. The average molecular weight is 645 g/mol. The van der Waals surface area contributed by atoms with Crippen LogP contribution in [0.25, 0.3) is 22.8 Å². The van der Waals surface area contributed by atoms with E-state index in [0.29, 0.717) is 29.8 Å². The highest BCUT2D eigenvalue weighted by molar-refractivity contribution is 7.98. The molecule has 236 valence electrons. The van der Waals surface area contributed by atoms with Crippen LogP contribution in [0.2, 0.25) is 0 Å². The first-order chi connectivity index (χ1) is 22.0.